The van der Waals surface area contributed by atoms with E-state index in [-0.39, 0.29) is 18.6 Å². The fraction of sp³-hybridized carbons (Fsp3) is 0.529. The van der Waals surface area contributed by atoms with Crippen LogP contribution in [-0.2, 0) is 15.9 Å². The lowest BCUT2D eigenvalue weighted by Crippen LogP contribution is -2.24. The number of halogens is 1. The largest absolute Gasteiger partial charge is 0.442 e. The first-order chi connectivity index (χ1) is 10.4. The van der Waals surface area contributed by atoms with Crippen LogP contribution in [0.5, 0.6) is 0 Å². The van der Waals surface area contributed by atoms with Gasteiger partial charge in [0.25, 0.3) is 0 Å². The molecule has 5 heteroatoms. The lowest BCUT2D eigenvalue weighted by atomic mass is 10.0. The normalized spacial score (nSPS) is 21.1. The minimum absolute atomic E-state index is 0.0510. The van der Waals surface area contributed by atoms with Crippen LogP contribution in [0.15, 0.2) is 29.3 Å². The van der Waals surface area contributed by atoms with E-state index < -0.39 is 18.4 Å². The van der Waals surface area contributed by atoms with E-state index in [1.165, 1.54) is 0 Å². The maximum Gasteiger partial charge on any atom is 0.433 e. The van der Waals surface area contributed by atoms with Gasteiger partial charge in [0.05, 0.1) is 12.7 Å². The van der Waals surface area contributed by atoms with Gasteiger partial charge in [-0.05, 0) is 38.3 Å². The van der Waals surface area contributed by atoms with Crippen LogP contribution in [0.2, 0.25) is 0 Å². The van der Waals surface area contributed by atoms with Crippen molar-refractivity contribution in [1.29, 1.82) is 0 Å². The highest BCUT2D eigenvalue weighted by molar-refractivity contribution is 5.84. The number of nitrogens with zero attached hydrogens (tertiary/aromatic N) is 1. The zero-order valence-corrected chi connectivity index (χ0v) is 13.2. The van der Waals surface area contributed by atoms with E-state index in [9.17, 15) is 9.18 Å². The predicted octanol–water partition coefficient (Wildman–Crippen LogP) is 3.69. The second-order valence-corrected chi connectivity index (χ2v) is 6.29. The van der Waals surface area contributed by atoms with Crippen molar-refractivity contribution in [2.75, 3.05) is 13.3 Å². The molecule has 1 aromatic rings. The summed E-state index contributed by atoms with van der Waals surface area (Å²) in [5.41, 5.74) is 1.64. The molecule has 0 radical (unpaired) electrons. The Balaban J connectivity index is 2.12. The number of amides is 1. The third kappa shape index (κ3) is 4.37. The number of hydrogen-bond acceptors (Lipinski definition) is 3. The number of benzene rings is 1. The molecule has 0 aromatic heterocycles. The van der Waals surface area contributed by atoms with Gasteiger partial charge in [-0.15, -0.1) is 0 Å². The van der Waals surface area contributed by atoms with Crippen LogP contribution in [0.1, 0.15) is 37.8 Å². The van der Waals surface area contributed by atoms with Crippen molar-refractivity contribution in [3.63, 3.8) is 0 Å². The number of carbonyl (C=O) groups excluding carboxylic acids is 1. The first-order valence-corrected chi connectivity index (χ1v) is 7.43. The summed E-state index contributed by atoms with van der Waals surface area (Å²) in [4.78, 5) is 15.6. The van der Waals surface area contributed by atoms with E-state index in [2.05, 4.69) is 4.99 Å². The second kappa shape index (κ2) is 7.01. The quantitative estimate of drug-likeness (QED) is 0.797. The Hall–Kier alpha value is -1.75. The lowest BCUT2D eigenvalue weighted by Gasteiger charge is -2.18. The average Bonchev–Trinajstić information content (AvgIpc) is 2.78. The zero-order chi connectivity index (χ0) is 16.2. The molecule has 0 fully saturated rings. The summed E-state index contributed by atoms with van der Waals surface area (Å²) in [6.45, 7) is 4.90. The van der Waals surface area contributed by atoms with Crippen molar-refractivity contribution < 1.29 is 18.7 Å². The number of hydrogen-bond donors (Lipinski definition) is 0. The molecule has 2 rings (SSSR count). The molecule has 0 saturated heterocycles. The predicted molar refractivity (Wildman–Crippen MR) is 83.3 cm³/mol. The van der Waals surface area contributed by atoms with Gasteiger partial charge in [0.1, 0.15) is 12.3 Å². The topological polar surface area (TPSA) is 47.9 Å². The monoisotopic (exact) mass is 307 g/mol. The average molecular weight is 307 g/mol. The van der Waals surface area contributed by atoms with Gasteiger partial charge in [0.15, 0.2) is 0 Å². The highest BCUT2D eigenvalue weighted by Crippen LogP contribution is 2.34. The van der Waals surface area contributed by atoms with Crippen LogP contribution in [-0.4, -0.2) is 37.3 Å². The number of aliphatic imine (C=N–C) groups is 1. The van der Waals surface area contributed by atoms with Gasteiger partial charge in [-0.2, -0.15) is 4.99 Å². The number of ether oxygens (including phenoxy) is 2. The van der Waals surface area contributed by atoms with Gasteiger partial charge in [-0.25, -0.2) is 9.18 Å². The lowest BCUT2D eigenvalue weighted by molar-refractivity contribution is 0.0463. The highest BCUT2D eigenvalue weighted by atomic mass is 19.1. The standard InChI is InChI=1S/C17H22FNO3/c1-17(2,3)22-16(20)19-11-14-13-7-5-4-6-12(13)10-15(14)21-9-8-18/h4-7,11,14-15H,8-10H2,1-3H3/b19-11+/t14?,15-/m0/s1. The summed E-state index contributed by atoms with van der Waals surface area (Å²) in [6.07, 6.45) is 1.43. The van der Waals surface area contributed by atoms with E-state index in [0.29, 0.717) is 6.42 Å². The first kappa shape index (κ1) is 16.6. The van der Waals surface area contributed by atoms with Crippen molar-refractivity contribution in [2.24, 2.45) is 4.99 Å². The van der Waals surface area contributed by atoms with E-state index in [0.717, 1.165) is 11.1 Å². The molecule has 4 nitrogen and oxygen atoms in total. The smallest absolute Gasteiger partial charge is 0.433 e. The van der Waals surface area contributed by atoms with Gasteiger partial charge in [-0.1, -0.05) is 24.3 Å². The SMILES string of the molecule is CC(C)(C)OC(=O)/N=C/C1c2ccccc2C[C@@H]1OCCF. The van der Waals surface area contributed by atoms with E-state index in [4.69, 9.17) is 9.47 Å². The van der Waals surface area contributed by atoms with Gasteiger partial charge in [0.2, 0.25) is 0 Å². The fourth-order valence-corrected chi connectivity index (χ4v) is 2.55. The molecule has 0 aliphatic heterocycles. The van der Waals surface area contributed by atoms with E-state index in [1.54, 1.807) is 27.0 Å². The zero-order valence-electron chi connectivity index (χ0n) is 13.2. The number of alkyl halides is 1. The van der Waals surface area contributed by atoms with Crippen LogP contribution in [0, 0.1) is 0 Å². The van der Waals surface area contributed by atoms with Crippen molar-refractivity contribution in [1.82, 2.24) is 0 Å². The second-order valence-electron chi connectivity index (χ2n) is 6.29. The molecule has 0 spiro atoms. The number of fused-ring (bicyclic) bond motifs is 1. The molecule has 22 heavy (non-hydrogen) atoms. The first-order valence-electron chi connectivity index (χ1n) is 7.43. The minimum Gasteiger partial charge on any atom is -0.442 e. The molecule has 0 heterocycles. The molecule has 1 aliphatic carbocycles. The van der Waals surface area contributed by atoms with Crippen molar-refractivity contribution in [3.8, 4) is 0 Å². The molecule has 2 atom stereocenters. The van der Waals surface area contributed by atoms with Gasteiger partial charge in [-0.3, -0.25) is 0 Å². The van der Waals surface area contributed by atoms with Crippen LogP contribution < -0.4 is 0 Å². The molecule has 0 bridgehead atoms. The number of carbonyl (C=O) groups is 1. The molecule has 1 aliphatic rings. The van der Waals surface area contributed by atoms with E-state index >= 15 is 0 Å². The molecule has 1 amide bonds. The van der Waals surface area contributed by atoms with Crippen molar-refractivity contribution in [2.45, 2.75) is 44.8 Å². The molecule has 1 aromatic carbocycles. The summed E-state index contributed by atoms with van der Waals surface area (Å²) in [7, 11) is 0. The highest BCUT2D eigenvalue weighted by Gasteiger charge is 2.32. The van der Waals surface area contributed by atoms with Crippen molar-refractivity contribution >= 4 is 12.3 Å². The Kier molecular flexibility index (Phi) is 5.29. The molecular weight excluding hydrogens is 285 g/mol. The molecule has 0 N–H and O–H groups in total. The van der Waals surface area contributed by atoms with Crippen LogP contribution in [0.4, 0.5) is 9.18 Å². The van der Waals surface area contributed by atoms with Crippen LogP contribution in [0.3, 0.4) is 0 Å². The summed E-state index contributed by atoms with van der Waals surface area (Å²) in [5, 5.41) is 0. The maximum absolute atomic E-state index is 12.4. The molecule has 120 valence electrons. The Morgan fingerprint density at radius 3 is 2.82 bits per heavy atom. The fourth-order valence-electron chi connectivity index (χ4n) is 2.55. The number of rotatable bonds is 4. The molecule has 0 saturated carbocycles. The van der Waals surface area contributed by atoms with E-state index in [1.807, 2.05) is 24.3 Å². The summed E-state index contributed by atoms with van der Waals surface area (Å²) < 4.78 is 23.1. The third-order valence-corrected chi connectivity index (χ3v) is 3.38. The van der Waals surface area contributed by atoms with Gasteiger partial charge < -0.3 is 9.47 Å². The van der Waals surface area contributed by atoms with Crippen molar-refractivity contribution in [3.05, 3.63) is 35.4 Å². The molecule has 1 unspecified atom stereocenters. The minimum atomic E-state index is -0.624. The summed E-state index contributed by atoms with van der Waals surface area (Å²) in [6, 6.07) is 7.89. The van der Waals surface area contributed by atoms with Crippen LogP contribution >= 0.6 is 0 Å². The Morgan fingerprint density at radius 1 is 1.41 bits per heavy atom. The summed E-state index contributed by atoms with van der Waals surface area (Å²) in [5.74, 6) is -0.157. The maximum atomic E-state index is 12.4. The van der Waals surface area contributed by atoms with Gasteiger partial charge in [0, 0.05) is 12.1 Å². The third-order valence-electron chi connectivity index (χ3n) is 3.38. The Labute approximate surface area is 130 Å². The molecular formula is C17H22FNO3. The Morgan fingerprint density at radius 2 is 2.14 bits per heavy atom. The summed E-state index contributed by atoms with van der Waals surface area (Å²) >= 11 is 0. The van der Waals surface area contributed by atoms with Crippen LogP contribution in [0.25, 0.3) is 0 Å². The Bertz CT molecular complexity index is 551. The van der Waals surface area contributed by atoms with Gasteiger partial charge >= 0.3 is 6.09 Å².